The first-order valence-corrected chi connectivity index (χ1v) is 9.49. The number of rotatable bonds is 5. The Hall–Kier alpha value is -0.860. The second kappa shape index (κ2) is 9.19. The van der Waals surface area contributed by atoms with Crippen LogP contribution in [0.4, 0.5) is 0 Å². The van der Waals surface area contributed by atoms with Gasteiger partial charge in [0.05, 0.1) is 12.2 Å². The van der Waals surface area contributed by atoms with Crippen LogP contribution in [0.15, 0.2) is 29.3 Å². The van der Waals surface area contributed by atoms with Crippen LogP contribution >= 0.6 is 46.9 Å². The van der Waals surface area contributed by atoms with Gasteiger partial charge in [-0.1, -0.05) is 23.7 Å². The van der Waals surface area contributed by atoms with Crippen molar-refractivity contribution in [3.63, 3.8) is 0 Å². The summed E-state index contributed by atoms with van der Waals surface area (Å²) in [5, 5.41) is 8.70. The molecule has 2 unspecified atom stereocenters. The molecule has 1 aromatic heterocycles. The van der Waals surface area contributed by atoms with Crippen molar-refractivity contribution < 1.29 is 0 Å². The SMILES string of the molecule is CCNC(=NCc1nc(C)c(C)s1)NC1CC1c1cccc(Cl)c1.I. The van der Waals surface area contributed by atoms with E-state index in [0.29, 0.717) is 18.5 Å². The maximum absolute atomic E-state index is 6.09. The lowest BCUT2D eigenvalue weighted by Gasteiger charge is -2.11. The highest BCUT2D eigenvalue weighted by Crippen LogP contribution is 2.41. The van der Waals surface area contributed by atoms with Crippen molar-refractivity contribution in [1.82, 2.24) is 15.6 Å². The molecule has 0 radical (unpaired) electrons. The van der Waals surface area contributed by atoms with Crippen LogP contribution in [0.5, 0.6) is 0 Å². The molecule has 136 valence electrons. The maximum Gasteiger partial charge on any atom is 0.191 e. The minimum Gasteiger partial charge on any atom is -0.357 e. The molecule has 1 saturated carbocycles. The number of aryl methyl sites for hydroxylation is 2. The Morgan fingerprint density at radius 3 is 2.84 bits per heavy atom. The standard InChI is InChI=1S/C18H23ClN4S.HI/c1-4-20-18(21-10-17-22-11(2)12(3)24-17)23-16-9-15(16)13-6-5-7-14(19)8-13;/h5-8,15-16H,4,9-10H2,1-3H3,(H2,20,21,23);1H. The Bertz CT molecular complexity index is 727. The van der Waals surface area contributed by atoms with Gasteiger partial charge in [-0.3, -0.25) is 0 Å². The number of halogens is 2. The Kier molecular flexibility index (Phi) is 7.51. The number of hydrogen-bond donors (Lipinski definition) is 2. The summed E-state index contributed by atoms with van der Waals surface area (Å²) in [7, 11) is 0. The summed E-state index contributed by atoms with van der Waals surface area (Å²) in [5.74, 6) is 1.37. The Morgan fingerprint density at radius 1 is 1.40 bits per heavy atom. The molecular weight excluding hydrogens is 467 g/mol. The minimum atomic E-state index is 0. The van der Waals surface area contributed by atoms with Gasteiger partial charge in [-0.05, 0) is 44.9 Å². The molecule has 3 rings (SSSR count). The summed E-state index contributed by atoms with van der Waals surface area (Å²) in [4.78, 5) is 10.5. The van der Waals surface area contributed by atoms with Crippen LogP contribution in [-0.2, 0) is 6.54 Å². The summed E-state index contributed by atoms with van der Waals surface area (Å²) in [6, 6.07) is 8.54. The van der Waals surface area contributed by atoms with Crippen LogP contribution in [0, 0.1) is 13.8 Å². The second-order valence-corrected chi connectivity index (χ2v) is 7.82. The van der Waals surface area contributed by atoms with Crippen LogP contribution in [0.2, 0.25) is 5.02 Å². The number of nitrogens with one attached hydrogen (secondary N) is 2. The zero-order valence-corrected chi connectivity index (χ0v) is 18.6. The van der Waals surface area contributed by atoms with E-state index < -0.39 is 0 Å². The monoisotopic (exact) mass is 490 g/mol. The zero-order chi connectivity index (χ0) is 17.1. The fourth-order valence-corrected chi connectivity index (χ4v) is 3.77. The normalized spacial score (nSPS) is 19.3. The summed E-state index contributed by atoms with van der Waals surface area (Å²) in [6.07, 6.45) is 1.11. The molecule has 0 bridgehead atoms. The molecule has 2 atom stereocenters. The topological polar surface area (TPSA) is 49.3 Å². The third-order valence-electron chi connectivity index (χ3n) is 4.18. The summed E-state index contributed by atoms with van der Waals surface area (Å²) >= 11 is 7.81. The van der Waals surface area contributed by atoms with Crippen molar-refractivity contribution in [3.05, 3.63) is 50.4 Å². The van der Waals surface area contributed by atoms with Crippen molar-refractivity contribution >= 4 is 52.9 Å². The number of aliphatic imine (C=N–C) groups is 1. The number of thiazole rings is 1. The van der Waals surface area contributed by atoms with Gasteiger partial charge < -0.3 is 10.6 Å². The van der Waals surface area contributed by atoms with Crippen molar-refractivity contribution in [3.8, 4) is 0 Å². The van der Waals surface area contributed by atoms with Gasteiger partial charge in [0.1, 0.15) is 5.01 Å². The molecule has 0 aliphatic heterocycles. The average Bonchev–Trinajstić information content (AvgIpc) is 3.24. The van der Waals surface area contributed by atoms with Crippen molar-refractivity contribution in [2.45, 2.75) is 45.7 Å². The van der Waals surface area contributed by atoms with Crippen LogP contribution in [0.3, 0.4) is 0 Å². The van der Waals surface area contributed by atoms with Crippen LogP contribution in [0.25, 0.3) is 0 Å². The average molecular weight is 491 g/mol. The molecule has 0 spiro atoms. The second-order valence-electron chi connectivity index (χ2n) is 6.09. The van der Waals surface area contributed by atoms with Crippen molar-refractivity contribution in [1.29, 1.82) is 0 Å². The van der Waals surface area contributed by atoms with Gasteiger partial charge in [0.25, 0.3) is 0 Å². The third kappa shape index (κ3) is 5.56. The van der Waals surface area contributed by atoms with Crippen LogP contribution in [-0.4, -0.2) is 23.5 Å². The van der Waals surface area contributed by atoms with Crippen LogP contribution in [0.1, 0.15) is 40.4 Å². The fourth-order valence-electron chi connectivity index (χ4n) is 2.71. The van der Waals surface area contributed by atoms with E-state index >= 15 is 0 Å². The molecule has 0 amide bonds. The smallest absolute Gasteiger partial charge is 0.191 e. The third-order valence-corrected chi connectivity index (χ3v) is 5.47. The molecule has 7 heteroatoms. The van der Waals surface area contributed by atoms with E-state index in [9.17, 15) is 0 Å². The maximum atomic E-state index is 6.09. The highest BCUT2D eigenvalue weighted by molar-refractivity contribution is 14.0. The molecule has 1 aliphatic carbocycles. The van der Waals surface area contributed by atoms with E-state index in [0.717, 1.165) is 34.6 Å². The van der Waals surface area contributed by atoms with E-state index in [1.165, 1.54) is 10.4 Å². The zero-order valence-electron chi connectivity index (χ0n) is 14.7. The molecule has 1 heterocycles. The number of hydrogen-bond acceptors (Lipinski definition) is 3. The number of benzene rings is 1. The lowest BCUT2D eigenvalue weighted by molar-refractivity contribution is 0.794. The summed E-state index contributed by atoms with van der Waals surface area (Å²) < 4.78 is 0. The van der Waals surface area contributed by atoms with Gasteiger partial charge in [0.15, 0.2) is 5.96 Å². The predicted molar refractivity (Wildman–Crippen MR) is 118 cm³/mol. The van der Waals surface area contributed by atoms with Gasteiger partial charge in [-0.15, -0.1) is 35.3 Å². The van der Waals surface area contributed by atoms with Gasteiger partial charge in [0, 0.05) is 28.4 Å². The van der Waals surface area contributed by atoms with E-state index in [1.54, 1.807) is 11.3 Å². The molecule has 4 nitrogen and oxygen atoms in total. The van der Waals surface area contributed by atoms with Gasteiger partial charge in [-0.2, -0.15) is 0 Å². The van der Waals surface area contributed by atoms with Gasteiger partial charge in [0.2, 0.25) is 0 Å². The predicted octanol–water partition coefficient (Wildman–Crippen LogP) is 4.64. The highest BCUT2D eigenvalue weighted by Gasteiger charge is 2.39. The summed E-state index contributed by atoms with van der Waals surface area (Å²) in [5.41, 5.74) is 2.40. The first kappa shape index (κ1) is 20.5. The largest absolute Gasteiger partial charge is 0.357 e. The highest BCUT2D eigenvalue weighted by atomic mass is 127. The molecule has 25 heavy (non-hydrogen) atoms. The lowest BCUT2D eigenvalue weighted by Crippen LogP contribution is -2.39. The first-order valence-electron chi connectivity index (χ1n) is 8.30. The first-order chi connectivity index (χ1) is 11.6. The summed E-state index contributed by atoms with van der Waals surface area (Å²) in [6.45, 7) is 7.68. The Labute approximate surface area is 175 Å². The van der Waals surface area contributed by atoms with Gasteiger partial charge in [-0.25, -0.2) is 9.98 Å². The van der Waals surface area contributed by atoms with Crippen molar-refractivity contribution in [2.75, 3.05) is 6.54 Å². The molecule has 1 aromatic carbocycles. The molecule has 1 fully saturated rings. The van der Waals surface area contributed by atoms with Crippen LogP contribution < -0.4 is 10.6 Å². The van der Waals surface area contributed by atoms with E-state index in [4.69, 9.17) is 11.6 Å². The fraction of sp³-hybridized carbons (Fsp3) is 0.444. The van der Waals surface area contributed by atoms with E-state index in [1.807, 2.05) is 19.1 Å². The quantitative estimate of drug-likeness (QED) is 0.365. The molecule has 0 saturated heterocycles. The van der Waals surface area contributed by atoms with E-state index in [-0.39, 0.29) is 24.0 Å². The number of aromatic nitrogens is 1. The Balaban J connectivity index is 0.00000225. The number of nitrogens with zero attached hydrogens (tertiary/aromatic N) is 2. The number of guanidine groups is 1. The molecule has 1 aliphatic rings. The minimum absolute atomic E-state index is 0. The van der Waals surface area contributed by atoms with E-state index in [2.05, 4.69) is 46.6 Å². The molecular formula is C18H24ClIN4S. The Morgan fingerprint density at radius 2 is 2.20 bits per heavy atom. The van der Waals surface area contributed by atoms with Crippen molar-refractivity contribution in [2.24, 2.45) is 4.99 Å². The molecule has 2 N–H and O–H groups in total. The lowest BCUT2D eigenvalue weighted by atomic mass is 10.1. The van der Waals surface area contributed by atoms with Gasteiger partial charge >= 0.3 is 0 Å². The molecule has 2 aromatic rings.